The molecule has 1 aliphatic rings. The summed E-state index contributed by atoms with van der Waals surface area (Å²) in [6.07, 6.45) is 5.56. The first-order chi connectivity index (χ1) is 12.3. The van der Waals surface area contributed by atoms with E-state index < -0.39 is 0 Å². The monoisotopic (exact) mass is 339 g/mol. The minimum Gasteiger partial charge on any atom is -0.494 e. The lowest BCUT2D eigenvalue weighted by atomic mass is 10.1. The first-order valence-electron chi connectivity index (χ1n) is 9.41. The Bertz CT molecular complexity index is 624. The second-order valence-electron chi connectivity index (χ2n) is 6.64. The van der Waals surface area contributed by atoms with E-state index in [1.54, 1.807) is 0 Å². The molecule has 1 aromatic heterocycles. The molecule has 0 amide bonds. The number of hydrogen-bond donors (Lipinski definition) is 1. The lowest BCUT2D eigenvalue weighted by molar-refractivity contribution is 0.162. The first-order valence-corrected chi connectivity index (χ1v) is 9.41. The van der Waals surface area contributed by atoms with E-state index in [1.807, 2.05) is 25.3 Å². The molecule has 4 nitrogen and oxygen atoms in total. The van der Waals surface area contributed by atoms with Crippen LogP contribution in [0.25, 0.3) is 0 Å². The number of nitrogens with zero attached hydrogens (tertiary/aromatic N) is 2. The van der Waals surface area contributed by atoms with E-state index in [0.717, 1.165) is 37.6 Å². The van der Waals surface area contributed by atoms with E-state index >= 15 is 0 Å². The predicted octanol–water partition coefficient (Wildman–Crippen LogP) is 3.62. The van der Waals surface area contributed by atoms with Crippen molar-refractivity contribution in [3.05, 3.63) is 59.9 Å². The van der Waals surface area contributed by atoms with Crippen LogP contribution < -0.4 is 10.1 Å². The number of aromatic nitrogens is 1. The van der Waals surface area contributed by atoms with Crippen molar-refractivity contribution >= 4 is 0 Å². The van der Waals surface area contributed by atoms with Gasteiger partial charge in [0.2, 0.25) is 0 Å². The van der Waals surface area contributed by atoms with Crippen LogP contribution in [-0.2, 0) is 13.1 Å². The van der Waals surface area contributed by atoms with Gasteiger partial charge in [-0.3, -0.25) is 9.88 Å². The highest BCUT2D eigenvalue weighted by atomic mass is 16.5. The summed E-state index contributed by atoms with van der Waals surface area (Å²) in [5.41, 5.74) is 2.44. The molecule has 0 bridgehead atoms. The largest absolute Gasteiger partial charge is 0.494 e. The van der Waals surface area contributed by atoms with Crippen molar-refractivity contribution in [1.82, 2.24) is 15.2 Å². The second-order valence-corrected chi connectivity index (χ2v) is 6.64. The van der Waals surface area contributed by atoms with Crippen LogP contribution in [0.1, 0.15) is 37.4 Å². The van der Waals surface area contributed by atoms with Gasteiger partial charge in [-0.25, -0.2) is 0 Å². The zero-order valence-electron chi connectivity index (χ0n) is 15.2. The Balaban J connectivity index is 1.76. The zero-order valence-corrected chi connectivity index (χ0v) is 15.2. The van der Waals surface area contributed by atoms with Gasteiger partial charge in [0.05, 0.1) is 12.3 Å². The number of rotatable bonds is 7. The third-order valence-corrected chi connectivity index (χ3v) is 4.75. The van der Waals surface area contributed by atoms with E-state index in [2.05, 4.69) is 45.5 Å². The van der Waals surface area contributed by atoms with Crippen molar-refractivity contribution in [2.45, 2.75) is 45.3 Å². The van der Waals surface area contributed by atoms with Gasteiger partial charge in [-0.1, -0.05) is 18.2 Å². The van der Waals surface area contributed by atoms with Gasteiger partial charge in [0, 0.05) is 25.3 Å². The van der Waals surface area contributed by atoms with Crippen molar-refractivity contribution in [2.75, 3.05) is 19.7 Å². The van der Waals surface area contributed by atoms with Gasteiger partial charge in [-0.15, -0.1) is 0 Å². The molecule has 1 aromatic carbocycles. The molecule has 0 radical (unpaired) electrons. The summed E-state index contributed by atoms with van der Waals surface area (Å²) in [5, 5.41) is 3.52. The maximum absolute atomic E-state index is 5.67. The molecule has 1 saturated heterocycles. The molecule has 134 valence electrons. The van der Waals surface area contributed by atoms with Crippen LogP contribution in [0.15, 0.2) is 48.7 Å². The molecule has 0 unspecified atom stereocenters. The number of nitrogens with one attached hydrogen (secondary N) is 1. The van der Waals surface area contributed by atoms with Gasteiger partial charge in [-0.05, 0) is 69.1 Å². The Kier molecular flexibility index (Phi) is 6.83. The standard InChI is InChI=1S/C21H29N3O/c1-2-25-21-10-5-7-18(15-21)16-24(17-19-8-3-4-13-23-19)20-9-6-12-22-14-11-20/h3-5,7-8,10,13,15,20,22H,2,6,9,11-12,14,16-17H2,1H3/t20-/m0/s1. The summed E-state index contributed by atoms with van der Waals surface area (Å²) >= 11 is 0. The number of pyridine rings is 1. The number of benzene rings is 1. The minimum atomic E-state index is 0.591. The van der Waals surface area contributed by atoms with Crippen LogP contribution in [0.3, 0.4) is 0 Å². The molecule has 2 aromatic rings. The van der Waals surface area contributed by atoms with Crippen LogP contribution in [0, 0.1) is 0 Å². The summed E-state index contributed by atoms with van der Waals surface area (Å²) in [6, 6.07) is 15.3. The minimum absolute atomic E-state index is 0.591. The Labute approximate surface area is 151 Å². The first kappa shape index (κ1) is 17.9. The summed E-state index contributed by atoms with van der Waals surface area (Å²) in [7, 11) is 0. The average Bonchev–Trinajstić information content (AvgIpc) is 2.92. The summed E-state index contributed by atoms with van der Waals surface area (Å²) in [4.78, 5) is 7.13. The van der Waals surface area contributed by atoms with Crippen molar-refractivity contribution < 1.29 is 4.74 Å². The van der Waals surface area contributed by atoms with Crippen molar-refractivity contribution in [1.29, 1.82) is 0 Å². The maximum Gasteiger partial charge on any atom is 0.119 e. The summed E-state index contributed by atoms with van der Waals surface area (Å²) < 4.78 is 5.67. The highest BCUT2D eigenvalue weighted by Gasteiger charge is 2.21. The SMILES string of the molecule is CCOc1cccc(CN(Cc2ccccn2)[C@H]2CCCNCC2)c1. The third-order valence-electron chi connectivity index (χ3n) is 4.75. The Morgan fingerprint density at radius 2 is 2.08 bits per heavy atom. The van der Waals surface area contributed by atoms with E-state index in [9.17, 15) is 0 Å². The van der Waals surface area contributed by atoms with Crippen LogP contribution >= 0.6 is 0 Å². The fourth-order valence-electron chi connectivity index (χ4n) is 3.51. The van der Waals surface area contributed by atoms with Crippen LogP contribution in [-0.4, -0.2) is 35.6 Å². The van der Waals surface area contributed by atoms with Gasteiger partial charge < -0.3 is 10.1 Å². The van der Waals surface area contributed by atoms with Crippen LogP contribution in [0.4, 0.5) is 0 Å². The smallest absolute Gasteiger partial charge is 0.119 e. The average molecular weight is 339 g/mol. The van der Waals surface area contributed by atoms with Crippen molar-refractivity contribution in [3.63, 3.8) is 0 Å². The van der Waals surface area contributed by atoms with Gasteiger partial charge in [-0.2, -0.15) is 0 Å². The fraction of sp³-hybridized carbons (Fsp3) is 0.476. The third kappa shape index (κ3) is 5.55. The van der Waals surface area contributed by atoms with Crippen LogP contribution in [0.2, 0.25) is 0 Å². The normalized spacial score (nSPS) is 18.1. The number of ether oxygens (including phenoxy) is 1. The molecular weight excluding hydrogens is 310 g/mol. The zero-order chi connectivity index (χ0) is 17.3. The molecule has 25 heavy (non-hydrogen) atoms. The molecule has 1 aliphatic heterocycles. The second kappa shape index (κ2) is 9.54. The van der Waals surface area contributed by atoms with E-state index in [-0.39, 0.29) is 0 Å². The lowest BCUT2D eigenvalue weighted by Crippen LogP contribution is -2.35. The molecule has 2 heterocycles. The molecular formula is C21H29N3O. The molecule has 4 heteroatoms. The predicted molar refractivity (Wildman–Crippen MR) is 102 cm³/mol. The van der Waals surface area contributed by atoms with Gasteiger partial charge in [0.25, 0.3) is 0 Å². The van der Waals surface area contributed by atoms with Gasteiger partial charge in [0.1, 0.15) is 5.75 Å². The molecule has 1 atom stereocenters. The van der Waals surface area contributed by atoms with Crippen molar-refractivity contribution in [2.24, 2.45) is 0 Å². The lowest BCUT2D eigenvalue weighted by Gasteiger charge is -2.31. The molecule has 0 spiro atoms. The fourth-order valence-corrected chi connectivity index (χ4v) is 3.51. The summed E-state index contributed by atoms with van der Waals surface area (Å²) in [6.45, 7) is 6.79. The highest BCUT2D eigenvalue weighted by Crippen LogP contribution is 2.21. The molecule has 1 fully saturated rings. The molecule has 1 N–H and O–H groups in total. The Morgan fingerprint density at radius 1 is 1.12 bits per heavy atom. The van der Waals surface area contributed by atoms with Crippen LogP contribution in [0.5, 0.6) is 5.75 Å². The van der Waals surface area contributed by atoms with E-state index in [1.165, 1.54) is 24.8 Å². The molecule has 0 saturated carbocycles. The van der Waals surface area contributed by atoms with E-state index in [4.69, 9.17) is 4.74 Å². The topological polar surface area (TPSA) is 37.4 Å². The van der Waals surface area contributed by atoms with Crippen molar-refractivity contribution in [3.8, 4) is 5.75 Å². The maximum atomic E-state index is 5.67. The molecule has 3 rings (SSSR count). The number of hydrogen-bond acceptors (Lipinski definition) is 4. The quantitative estimate of drug-likeness (QED) is 0.836. The van der Waals surface area contributed by atoms with Gasteiger partial charge >= 0.3 is 0 Å². The Hall–Kier alpha value is -1.91. The highest BCUT2D eigenvalue weighted by molar-refractivity contribution is 5.28. The Morgan fingerprint density at radius 3 is 2.92 bits per heavy atom. The van der Waals surface area contributed by atoms with E-state index in [0.29, 0.717) is 12.6 Å². The molecule has 0 aliphatic carbocycles. The van der Waals surface area contributed by atoms with Gasteiger partial charge in [0.15, 0.2) is 0 Å². The summed E-state index contributed by atoms with van der Waals surface area (Å²) in [5.74, 6) is 0.959.